The van der Waals surface area contributed by atoms with Gasteiger partial charge >= 0.3 is 0 Å². The molecule has 1 heterocycles. The molecule has 194 valence electrons. The number of nitrogens with zero attached hydrogens (tertiary/aromatic N) is 2. The zero-order valence-corrected chi connectivity index (χ0v) is 22.1. The molecule has 0 bridgehead atoms. The molecule has 1 aliphatic rings. The predicted molar refractivity (Wildman–Crippen MR) is 134 cm³/mol. The van der Waals surface area contributed by atoms with Crippen LogP contribution in [-0.2, 0) is 14.8 Å². The van der Waals surface area contributed by atoms with Gasteiger partial charge in [0.15, 0.2) is 0 Å². The van der Waals surface area contributed by atoms with Gasteiger partial charge in [-0.05, 0) is 65.4 Å². The van der Waals surface area contributed by atoms with Crippen molar-refractivity contribution in [2.24, 2.45) is 5.92 Å². The molecule has 0 fully saturated rings. The van der Waals surface area contributed by atoms with Gasteiger partial charge in [-0.25, -0.2) is 8.42 Å². The number of rotatable bonds is 6. The number of likely N-dealkylation sites (N-methyl/N-ethyl adjacent to an activating group) is 1. The topological polar surface area (TPSA) is 108 Å². The monoisotopic (exact) mass is 499 g/mol. The van der Waals surface area contributed by atoms with Gasteiger partial charge in [-0.3, -0.25) is 9.52 Å². The fourth-order valence-electron chi connectivity index (χ4n) is 4.02. The van der Waals surface area contributed by atoms with Crippen molar-refractivity contribution in [3.63, 3.8) is 0 Å². The summed E-state index contributed by atoms with van der Waals surface area (Å²) in [5, 5.41) is 9.91. The third kappa shape index (κ3) is 8.72. The van der Waals surface area contributed by atoms with Gasteiger partial charge in [0.1, 0.15) is 5.75 Å². The highest BCUT2D eigenvalue weighted by Gasteiger charge is 2.30. The van der Waals surface area contributed by atoms with Gasteiger partial charge in [0.25, 0.3) is 5.91 Å². The Bertz CT molecular complexity index is 908. The fraction of sp³-hybridized carbons (Fsp3) is 0.708. The molecule has 4 atom stereocenters. The molecule has 1 aliphatic heterocycles. The van der Waals surface area contributed by atoms with Crippen molar-refractivity contribution in [3.05, 3.63) is 23.8 Å². The van der Waals surface area contributed by atoms with Crippen LogP contribution < -0.4 is 9.46 Å². The van der Waals surface area contributed by atoms with Crippen LogP contribution in [0.2, 0.25) is 0 Å². The molecule has 0 saturated carbocycles. The smallest absolute Gasteiger partial charge is 0.258 e. The molecular weight excluding hydrogens is 458 g/mol. The van der Waals surface area contributed by atoms with Crippen molar-refractivity contribution in [3.8, 4) is 5.75 Å². The van der Waals surface area contributed by atoms with E-state index in [0.717, 1.165) is 32.1 Å². The number of hydrogen-bond acceptors (Lipinski definition) is 7. The summed E-state index contributed by atoms with van der Waals surface area (Å²) >= 11 is 0. The van der Waals surface area contributed by atoms with Crippen molar-refractivity contribution < 1.29 is 27.8 Å². The zero-order valence-electron chi connectivity index (χ0n) is 21.3. The highest BCUT2D eigenvalue weighted by atomic mass is 32.2. The van der Waals surface area contributed by atoms with Crippen LogP contribution in [0.1, 0.15) is 50.4 Å². The number of carbonyl (C=O) groups excluding carboxylic acids is 1. The zero-order chi connectivity index (χ0) is 25.5. The van der Waals surface area contributed by atoms with Gasteiger partial charge in [0.05, 0.1) is 36.7 Å². The van der Waals surface area contributed by atoms with Crippen molar-refractivity contribution >= 4 is 21.6 Å². The standard InChI is InChI=1S/C24H41N3O6S/c1-17-14-27(18(2)16-28)24(29)21-13-20(25-34(6,30)31)10-11-22(21)33-19(3)9-7-8-12-32-23(17)15-26(4)5/h10-11,13,17-19,23,25,28H,7-9,12,14-16H2,1-6H3/t17-,18+,19+,23-/m1/s1. The molecule has 10 heteroatoms. The Morgan fingerprint density at radius 2 is 1.97 bits per heavy atom. The maximum Gasteiger partial charge on any atom is 0.258 e. The van der Waals surface area contributed by atoms with Crippen LogP contribution in [0.25, 0.3) is 0 Å². The second kappa shape index (κ2) is 12.7. The van der Waals surface area contributed by atoms with E-state index in [9.17, 15) is 18.3 Å². The molecule has 1 aromatic carbocycles. The number of nitrogens with one attached hydrogen (secondary N) is 1. The van der Waals surface area contributed by atoms with Crippen molar-refractivity contribution in [2.45, 2.75) is 58.3 Å². The lowest BCUT2D eigenvalue weighted by Crippen LogP contribution is -2.47. The summed E-state index contributed by atoms with van der Waals surface area (Å²) < 4.78 is 38.3. The number of fused-ring (bicyclic) bond motifs is 1. The van der Waals surface area contributed by atoms with Gasteiger partial charge in [-0.1, -0.05) is 6.92 Å². The number of aliphatic hydroxyl groups is 1. The van der Waals surface area contributed by atoms with Gasteiger partial charge < -0.3 is 24.4 Å². The van der Waals surface area contributed by atoms with Gasteiger partial charge in [0, 0.05) is 31.3 Å². The largest absolute Gasteiger partial charge is 0.490 e. The Labute approximate surface area is 204 Å². The Morgan fingerprint density at radius 1 is 1.26 bits per heavy atom. The van der Waals surface area contributed by atoms with Gasteiger partial charge in [-0.15, -0.1) is 0 Å². The molecule has 0 aliphatic carbocycles. The van der Waals surface area contributed by atoms with Crippen LogP contribution in [0.5, 0.6) is 5.75 Å². The van der Waals surface area contributed by atoms with E-state index in [1.807, 2.05) is 27.9 Å². The number of anilines is 1. The van der Waals surface area contributed by atoms with Crippen molar-refractivity contribution in [1.29, 1.82) is 0 Å². The van der Waals surface area contributed by atoms with Crippen LogP contribution in [0.15, 0.2) is 18.2 Å². The average Bonchev–Trinajstić information content (AvgIpc) is 2.74. The minimum absolute atomic E-state index is 0.00362. The Balaban J connectivity index is 2.51. The SMILES string of the molecule is C[C@@H]1CN([C@@H](C)CO)C(=O)c2cc(NS(C)(=O)=O)ccc2O[C@@H](C)CCCCO[C@@H]1CN(C)C. The maximum absolute atomic E-state index is 13.8. The quantitative estimate of drug-likeness (QED) is 0.619. The molecule has 0 saturated heterocycles. The molecule has 0 radical (unpaired) electrons. The number of carbonyl (C=O) groups is 1. The van der Waals surface area contributed by atoms with Crippen LogP contribution in [0, 0.1) is 5.92 Å². The number of amides is 1. The van der Waals surface area contributed by atoms with Crippen LogP contribution >= 0.6 is 0 Å². The molecule has 9 nitrogen and oxygen atoms in total. The van der Waals surface area contributed by atoms with Crippen molar-refractivity contribution in [2.75, 3.05) is 51.4 Å². The molecule has 2 N–H and O–H groups in total. The molecular formula is C24H41N3O6S. The Kier molecular flexibility index (Phi) is 10.6. The average molecular weight is 500 g/mol. The van der Waals surface area contributed by atoms with Gasteiger partial charge in [-0.2, -0.15) is 0 Å². The first-order chi connectivity index (χ1) is 15.9. The summed E-state index contributed by atoms with van der Waals surface area (Å²) in [5.41, 5.74) is 0.542. The van der Waals surface area contributed by atoms with Crippen molar-refractivity contribution in [1.82, 2.24) is 9.80 Å². The van der Waals surface area contributed by atoms with E-state index in [-0.39, 0.29) is 41.9 Å². The summed E-state index contributed by atoms with van der Waals surface area (Å²) in [6, 6.07) is 4.28. The van der Waals surface area contributed by atoms with Crippen LogP contribution in [0.4, 0.5) is 5.69 Å². The van der Waals surface area contributed by atoms with Gasteiger partial charge in [0.2, 0.25) is 10.0 Å². The summed E-state index contributed by atoms with van der Waals surface area (Å²) in [4.78, 5) is 17.5. The summed E-state index contributed by atoms with van der Waals surface area (Å²) in [6.45, 7) is 7.31. The van der Waals surface area contributed by atoms with E-state index in [4.69, 9.17) is 9.47 Å². The molecule has 0 unspecified atom stereocenters. The number of ether oxygens (including phenoxy) is 2. The third-order valence-corrected chi connectivity index (χ3v) is 6.51. The lowest BCUT2D eigenvalue weighted by atomic mass is 10.0. The molecule has 34 heavy (non-hydrogen) atoms. The first kappa shape index (κ1) is 28.4. The number of benzene rings is 1. The normalized spacial score (nSPS) is 24.2. The lowest BCUT2D eigenvalue weighted by molar-refractivity contribution is -0.0137. The van der Waals surface area contributed by atoms with E-state index in [0.29, 0.717) is 18.9 Å². The molecule has 0 spiro atoms. The summed E-state index contributed by atoms with van der Waals surface area (Å²) in [6.07, 6.45) is 3.48. The Hall–Kier alpha value is -1.88. The molecule has 0 aromatic heterocycles. The second-order valence-electron chi connectivity index (χ2n) is 9.65. The second-order valence-corrected chi connectivity index (χ2v) is 11.4. The van der Waals surface area contributed by atoms with E-state index in [1.54, 1.807) is 24.0 Å². The number of aliphatic hydroxyl groups excluding tert-OH is 1. The first-order valence-electron chi connectivity index (χ1n) is 11.9. The molecule has 2 rings (SSSR count). The molecule has 1 aromatic rings. The third-order valence-electron chi connectivity index (χ3n) is 5.90. The predicted octanol–water partition coefficient (Wildman–Crippen LogP) is 2.42. The first-order valence-corrected chi connectivity index (χ1v) is 13.8. The van der Waals surface area contributed by atoms with E-state index >= 15 is 0 Å². The minimum atomic E-state index is -3.52. The number of hydrogen-bond donors (Lipinski definition) is 2. The van der Waals surface area contributed by atoms with Crippen LogP contribution in [-0.4, -0.2) is 94.1 Å². The summed E-state index contributed by atoms with van der Waals surface area (Å²) in [7, 11) is 0.465. The van der Waals surface area contributed by atoms with Crippen LogP contribution in [0.3, 0.4) is 0 Å². The fourth-order valence-corrected chi connectivity index (χ4v) is 4.58. The molecule has 1 amide bonds. The number of sulfonamides is 1. The maximum atomic E-state index is 13.8. The lowest BCUT2D eigenvalue weighted by Gasteiger charge is -2.35. The van der Waals surface area contributed by atoms with E-state index in [1.165, 1.54) is 6.07 Å². The highest BCUT2D eigenvalue weighted by Crippen LogP contribution is 2.28. The van der Waals surface area contributed by atoms with E-state index < -0.39 is 16.1 Å². The van der Waals surface area contributed by atoms with E-state index in [2.05, 4.69) is 9.62 Å². The Morgan fingerprint density at radius 3 is 2.59 bits per heavy atom. The highest BCUT2D eigenvalue weighted by molar-refractivity contribution is 7.92. The summed E-state index contributed by atoms with van der Waals surface area (Å²) in [5.74, 6) is 0.0785. The minimum Gasteiger partial charge on any atom is -0.490 e.